The number of esters is 1. The van der Waals surface area contributed by atoms with Gasteiger partial charge in [0.05, 0.1) is 6.61 Å². The number of carbonyl (C=O) groups excluding carboxylic acids is 1. The van der Waals surface area contributed by atoms with Crippen LogP contribution in [0.3, 0.4) is 0 Å². The summed E-state index contributed by atoms with van der Waals surface area (Å²) in [6.07, 6.45) is 6.52. The van der Waals surface area contributed by atoms with E-state index in [1.165, 1.54) is 6.92 Å². The van der Waals surface area contributed by atoms with Gasteiger partial charge in [0.2, 0.25) is 0 Å². The normalized spacial score (nSPS) is 23.7. The summed E-state index contributed by atoms with van der Waals surface area (Å²) < 4.78 is 11.4. The SMILES string of the molecule is CC(=O)OC[C@H]1CC=C[C@@H](CO[Si](C)(C)C(C)(C)C)C1. The molecule has 0 saturated carbocycles. The second-order valence-electron chi connectivity index (χ2n) is 7.40. The van der Waals surface area contributed by atoms with Crippen LogP contribution in [0.4, 0.5) is 0 Å². The molecule has 2 atom stereocenters. The zero-order valence-corrected chi connectivity index (χ0v) is 14.9. The highest BCUT2D eigenvalue weighted by Gasteiger charge is 2.37. The Morgan fingerprint density at radius 3 is 2.50 bits per heavy atom. The molecule has 20 heavy (non-hydrogen) atoms. The summed E-state index contributed by atoms with van der Waals surface area (Å²) in [5.74, 6) is 0.712. The Morgan fingerprint density at radius 2 is 1.95 bits per heavy atom. The van der Waals surface area contributed by atoms with Crippen molar-refractivity contribution < 1.29 is 14.0 Å². The van der Waals surface area contributed by atoms with Crippen molar-refractivity contribution >= 4 is 14.3 Å². The maximum Gasteiger partial charge on any atom is 0.302 e. The van der Waals surface area contributed by atoms with Gasteiger partial charge in [-0.2, -0.15) is 0 Å². The van der Waals surface area contributed by atoms with Crippen molar-refractivity contribution in [3.63, 3.8) is 0 Å². The van der Waals surface area contributed by atoms with Crippen LogP contribution in [0.25, 0.3) is 0 Å². The van der Waals surface area contributed by atoms with Gasteiger partial charge in [-0.15, -0.1) is 0 Å². The predicted octanol–water partition coefficient (Wildman–Crippen LogP) is 4.15. The topological polar surface area (TPSA) is 35.5 Å². The van der Waals surface area contributed by atoms with Crippen LogP contribution in [0.5, 0.6) is 0 Å². The lowest BCUT2D eigenvalue weighted by Gasteiger charge is -2.37. The minimum absolute atomic E-state index is 0.186. The first kappa shape index (κ1) is 17.4. The van der Waals surface area contributed by atoms with Crippen molar-refractivity contribution in [2.45, 2.75) is 58.7 Å². The molecule has 0 amide bonds. The van der Waals surface area contributed by atoms with E-state index < -0.39 is 8.32 Å². The van der Waals surface area contributed by atoms with Gasteiger partial charge in [-0.05, 0) is 42.8 Å². The van der Waals surface area contributed by atoms with Gasteiger partial charge in [0.15, 0.2) is 8.32 Å². The largest absolute Gasteiger partial charge is 0.466 e. The lowest BCUT2D eigenvalue weighted by molar-refractivity contribution is -0.142. The highest BCUT2D eigenvalue weighted by molar-refractivity contribution is 6.74. The Balaban J connectivity index is 2.43. The van der Waals surface area contributed by atoms with Gasteiger partial charge >= 0.3 is 5.97 Å². The second-order valence-corrected chi connectivity index (χ2v) is 12.2. The fraction of sp³-hybridized carbons (Fsp3) is 0.812. The second kappa shape index (κ2) is 6.90. The van der Waals surface area contributed by atoms with Crippen LogP contribution in [0.1, 0.15) is 40.5 Å². The van der Waals surface area contributed by atoms with Crippen molar-refractivity contribution in [3.8, 4) is 0 Å². The molecular weight excluding hydrogens is 268 g/mol. The number of hydrogen-bond acceptors (Lipinski definition) is 3. The van der Waals surface area contributed by atoms with E-state index in [4.69, 9.17) is 9.16 Å². The third kappa shape index (κ3) is 5.41. The molecule has 0 bridgehead atoms. The molecule has 4 heteroatoms. The van der Waals surface area contributed by atoms with Crippen molar-refractivity contribution in [2.24, 2.45) is 11.8 Å². The molecule has 0 aromatic heterocycles. The quantitative estimate of drug-likeness (QED) is 0.434. The van der Waals surface area contributed by atoms with E-state index in [0.29, 0.717) is 18.4 Å². The van der Waals surface area contributed by atoms with Crippen LogP contribution in [-0.2, 0) is 14.0 Å². The molecule has 3 nitrogen and oxygen atoms in total. The van der Waals surface area contributed by atoms with Crippen LogP contribution < -0.4 is 0 Å². The van der Waals surface area contributed by atoms with E-state index in [1.54, 1.807) is 0 Å². The number of carbonyl (C=O) groups is 1. The average molecular weight is 298 g/mol. The predicted molar refractivity (Wildman–Crippen MR) is 85.1 cm³/mol. The minimum Gasteiger partial charge on any atom is -0.466 e. The molecule has 116 valence electrons. The number of allylic oxidation sites excluding steroid dienone is 1. The molecule has 1 aliphatic carbocycles. The summed E-state index contributed by atoms with van der Waals surface area (Å²) in [5, 5.41) is 0.253. The minimum atomic E-state index is -1.67. The van der Waals surface area contributed by atoms with Crippen molar-refractivity contribution in [1.29, 1.82) is 0 Å². The first-order chi connectivity index (χ1) is 9.12. The molecule has 0 N–H and O–H groups in total. The smallest absolute Gasteiger partial charge is 0.302 e. The summed E-state index contributed by atoms with van der Waals surface area (Å²) in [7, 11) is -1.67. The Bertz CT molecular complexity index is 355. The Morgan fingerprint density at radius 1 is 1.30 bits per heavy atom. The van der Waals surface area contributed by atoms with Gasteiger partial charge in [0, 0.05) is 13.5 Å². The van der Waals surface area contributed by atoms with Crippen molar-refractivity contribution in [2.75, 3.05) is 13.2 Å². The summed E-state index contributed by atoms with van der Waals surface area (Å²) in [4.78, 5) is 10.9. The maximum atomic E-state index is 10.9. The van der Waals surface area contributed by atoms with E-state index in [-0.39, 0.29) is 11.0 Å². The van der Waals surface area contributed by atoms with Gasteiger partial charge in [0.1, 0.15) is 0 Å². The highest BCUT2D eigenvalue weighted by atomic mass is 28.4. The van der Waals surface area contributed by atoms with Crippen molar-refractivity contribution in [3.05, 3.63) is 12.2 Å². The summed E-state index contributed by atoms with van der Waals surface area (Å²) in [5.41, 5.74) is 0. The Labute approximate surface area is 124 Å². The van der Waals surface area contributed by atoms with Crippen LogP contribution in [0.15, 0.2) is 12.2 Å². The van der Waals surface area contributed by atoms with Gasteiger partial charge in [-0.1, -0.05) is 32.9 Å². The summed E-state index contributed by atoms with van der Waals surface area (Å²) in [6.45, 7) is 14.2. The molecule has 1 aliphatic rings. The molecule has 0 unspecified atom stereocenters. The third-order valence-corrected chi connectivity index (χ3v) is 9.00. The molecule has 0 spiro atoms. The molecule has 0 radical (unpaired) electrons. The summed E-state index contributed by atoms with van der Waals surface area (Å²) >= 11 is 0. The molecule has 0 heterocycles. The van der Waals surface area contributed by atoms with Crippen LogP contribution in [0.2, 0.25) is 18.1 Å². The van der Waals surface area contributed by atoms with Crippen molar-refractivity contribution in [1.82, 2.24) is 0 Å². The van der Waals surface area contributed by atoms with E-state index in [0.717, 1.165) is 19.4 Å². The molecule has 0 saturated heterocycles. The van der Waals surface area contributed by atoms with Gasteiger partial charge in [-0.25, -0.2) is 0 Å². The lowest BCUT2D eigenvalue weighted by Crippen LogP contribution is -2.42. The van der Waals surface area contributed by atoms with Gasteiger partial charge in [0.25, 0.3) is 0 Å². The standard InChI is InChI=1S/C16H30O3Si/c1-13(17)18-11-14-8-7-9-15(10-14)12-19-20(5,6)16(2,3)4/h7,9,14-15H,8,10-12H2,1-6H3/t14-,15+/m0/s1. The first-order valence-electron chi connectivity index (χ1n) is 7.56. The maximum absolute atomic E-state index is 10.9. The molecule has 0 fully saturated rings. The van der Waals surface area contributed by atoms with Gasteiger partial charge in [-0.3, -0.25) is 4.79 Å². The lowest BCUT2D eigenvalue weighted by atomic mass is 9.88. The monoisotopic (exact) mass is 298 g/mol. The third-order valence-electron chi connectivity index (χ3n) is 4.50. The first-order valence-corrected chi connectivity index (χ1v) is 10.5. The van der Waals surface area contributed by atoms with Crippen LogP contribution >= 0.6 is 0 Å². The highest BCUT2D eigenvalue weighted by Crippen LogP contribution is 2.37. The average Bonchev–Trinajstić information content (AvgIpc) is 2.33. The zero-order chi connectivity index (χ0) is 15.4. The van der Waals surface area contributed by atoms with E-state index >= 15 is 0 Å². The van der Waals surface area contributed by atoms with E-state index in [1.807, 2.05) is 0 Å². The number of ether oxygens (including phenoxy) is 1. The molecule has 0 aliphatic heterocycles. The Hall–Kier alpha value is -0.613. The zero-order valence-electron chi connectivity index (χ0n) is 13.9. The molecule has 0 aromatic carbocycles. The fourth-order valence-electron chi connectivity index (χ4n) is 2.09. The molecule has 1 rings (SSSR count). The summed E-state index contributed by atoms with van der Waals surface area (Å²) in [6, 6.07) is 0. The van der Waals surface area contributed by atoms with Crippen LogP contribution in [0, 0.1) is 11.8 Å². The number of rotatable bonds is 5. The Kier molecular flexibility index (Phi) is 6.01. The van der Waals surface area contributed by atoms with Gasteiger partial charge < -0.3 is 9.16 Å². The van der Waals surface area contributed by atoms with E-state index in [9.17, 15) is 4.79 Å². The molecule has 0 aromatic rings. The van der Waals surface area contributed by atoms with Crippen LogP contribution in [-0.4, -0.2) is 27.5 Å². The van der Waals surface area contributed by atoms with E-state index in [2.05, 4.69) is 46.0 Å². The molecular formula is C16H30O3Si. The number of hydrogen-bond donors (Lipinski definition) is 0. The fourth-order valence-corrected chi connectivity index (χ4v) is 3.16.